The lowest BCUT2D eigenvalue weighted by Crippen LogP contribution is -2.39. The van der Waals surface area contributed by atoms with Gasteiger partial charge in [-0.1, -0.05) is 36.0 Å². The van der Waals surface area contributed by atoms with Crippen molar-refractivity contribution in [2.45, 2.75) is 25.7 Å². The first-order valence-corrected chi connectivity index (χ1v) is 7.75. The SMILES string of the molecule is CC1(C)OC(C=S)Nc2ccc(-c3ccc(F)c(Cl)c3)cc21. The molecule has 2 aromatic carbocycles. The Bertz CT molecular complexity index is 747. The normalized spacial score (nSPS) is 19.2. The van der Waals surface area contributed by atoms with Gasteiger partial charge in [0.2, 0.25) is 0 Å². The van der Waals surface area contributed by atoms with Crippen molar-refractivity contribution in [3.05, 3.63) is 52.8 Å². The number of nitrogens with one attached hydrogen (secondary N) is 1. The number of anilines is 1. The van der Waals surface area contributed by atoms with E-state index in [4.69, 9.17) is 28.6 Å². The first kappa shape index (κ1) is 15.4. The van der Waals surface area contributed by atoms with E-state index in [1.807, 2.05) is 32.0 Å². The molecule has 2 aromatic rings. The minimum absolute atomic E-state index is 0.115. The van der Waals surface area contributed by atoms with Gasteiger partial charge in [-0.05, 0) is 49.2 Å². The van der Waals surface area contributed by atoms with Crippen molar-refractivity contribution in [1.82, 2.24) is 0 Å². The molecule has 0 fully saturated rings. The molecule has 3 rings (SSSR count). The van der Waals surface area contributed by atoms with Gasteiger partial charge < -0.3 is 10.1 Å². The van der Waals surface area contributed by atoms with E-state index in [0.717, 1.165) is 22.4 Å². The summed E-state index contributed by atoms with van der Waals surface area (Å²) in [6.07, 6.45) is -0.288. The summed E-state index contributed by atoms with van der Waals surface area (Å²) in [7, 11) is 0. The van der Waals surface area contributed by atoms with Gasteiger partial charge >= 0.3 is 0 Å². The zero-order valence-corrected chi connectivity index (χ0v) is 13.8. The summed E-state index contributed by atoms with van der Waals surface area (Å²) >= 11 is 10.8. The summed E-state index contributed by atoms with van der Waals surface area (Å²) < 4.78 is 19.2. The predicted molar refractivity (Wildman–Crippen MR) is 92.0 cm³/mol. The molecule has 0 aliphatic carbocycles. The van der Waals surface area contributed by atoms with E-state index in [9.17, 15) is 4.39 Å². The van der Waals surface area contributed by atoms with Crippen LogP contribution in [0.3, 0.4) is 0 Å². The van der Waals surface area contributed by atoms with Crippen LogP contribution in [0.5, 0.6) is 0 Å². The van der Waals surface area contributed by atoms with Gasteiger partial charge in [0.05, 0.1) is 10.6 Å². The van der Waals surface area contributed by atoms with E-state index >= 15 is 0 Å². The molecular weight excluding hydrogens is 321 g/mol. The molecular formula is C17H15ClFNOS. The summed E-state index contributed by atoms with van der Waals surface area (Å²) in [5.74, 6) is -0.419. The second-order valence-electron chi connectivity index (χ2n) is 5.72. The average Bonchev–Trinajstić information content (AvgIpc) is 2.49. The molecule has 5 heteroatoms. The van der Waals surface area contributed by atoms with Gasteiger partial charge in [-0.3, -0.25) is 0 Å². The van der Waals surface area contributed by atoms with Crippen LogP contribution >= 0.6 is 23.8 Å². The Hall–Kier alpha value is -1.49. The zero-order valence-electron chi connectivity index (χ0n) is 12.2. The fourth-order valence-electron chi connectivity index (χ4n) is 2.65. The Morgan fingerprint density at radius 2 is 1.91 bits per heavy atom. The maximum absolute atomic E-state index is 13.3. The Morgan fingerprint density at radius 1 is 1.23 bits per heavy atom. The molecule has 1 N–H and O–H groups in total. The van der Waals surface area contributed by atoms with Crippen molar-refractivity contribution >= 4 is 34.9 Å². The van der Waals surface area contributed by atoms with E-state index in [-0.39, 0.29) is 11.3 Å². The van der Waals surface area contributed by atoms with Crippen LogP contribution in [0.15, 0.2) is 36.4 Å². The van der Waals surface area contributed by atoms with E-state index in [0.29, 0.717) is 0 Å². The zero-order chi connectivity index (χ0) is 15.9. The quantitative estimate of drug-likeness (QED) is 0.767. The molecule has 0 saturated heterocycles. The average molecular weight is 336 g/mol. The Kier molecular flexibility index (Phi) is 3.93. The fourth-order valence-corrected chi connectivity index (χ4v) is 2.95. The molecule has 22 heavy (non-hydrogen) atoms. The van der Waals surface area contributed by atoms with Crippen molar-refractivity contribution in [2.75, 3.05) is 5.32 Å². The van der Waals surface area contributed by atoms with E-state index in [2.05, 4.69) is 5.32 Å². The highest BCUT2D eigenvalue weighted by Crippen LogP contribution is 2.39. The van der Waals surface area contributed by atoms with E-state index < -0.39 is 11.4 Å². The monoisotopic (exact) mass is 335 g/mol. The molecule has 1 unspecified atom stereocenters. The molecule has 1 heterocycles. The van der Waals surface area contributed by atoms with Gasteiger partial charge in [0.15, 0.2) is 6.23 Å². The first-order chi connectivity index (χ1) is 10.4. The number of ether oxygens (including phenoxy) is 1. The van der Waals surface area contributed by atoms with Gasteiger partial charge in [0.1, 0.15) is 5.82 Å². The maximum atomic E-state index is 13.3. The summed E-state index contributed by atoms with van der Waals surface area (Å²) in [6.45, 7) is 4.00. The summed E-state index contributed by atoms with van der Waals surface area (Å²) in [4.78, 5) is 0. The van der Waals surface area contributed by atoms with Gasteiger partial charge in [-0.25, -0.2) is 4.39 Å². The van der Waals surface area contributed by atoms with Crippen molar-refractivity contribution in [2.24, 2.45) is 0 Å². The van der Waals surface area contributed by atoms with Gasteiger partial charge in [-0.2, -0.15) is 0 Å². The summed E-state index contributed by atoms with van der Waals surface area (Å²) in [5, 5.41) is 4.92. The van der Waals surface area contributed by atoms with Crippen LogP contribution in [0.2, 0.25) is 5.02 Å². The number of hydrogen-bond donors (Lipinski definition) is 1. The third-order valence-electron chi connectivity index (χ3n) is 3.76. The van der Waals surface area contributed by atoms with Crippen molar-refractivity contribution in [3.8, 4) is 11.1 Å². The predicted octanol–water partition coefficient (Wildman–Crippen LogP) is 5.15. The first-order valence-electron chi connectivity index (χ1n) is 6.90. The molecule has 0 bridgehead atoms. The Balaban J connectivity index is 2.07. The minimum atomic E-state index is -0.472. The summed E-state index contributed by atoms with van der Waals surface area (Å²) in [5.41, 5.74) is 3.36. The fraction of sp³-hybridized carbons (Fsp3) is 0.235. The Labute approximate surface area is 139 Å². The van der Waals surface area contributed by atoms with Crippen LogP contribution < -0.4 is 5.32 Å². The lowest BCUT2D eigenvalue weighted by atomic mass is 9.91. The highest BCUT2D eigenvalue weighted by atomic mass is 35.5. The van der Waals surface area contributed by atoms with Crippen LogP contribution in [0.4, 0.5) is 10.1 Å². The molecule has 1 aliphatic heterocycles. The minimum Gasteiger partial charge on any atom is -0.356 e. The van der Waals surface area contributed by atoms with Crippen molar-refractivity contribution in [1.29, 1.82) is 0 Å². The molecule has 1 aliphatic rings. The van der Waals surface area contributed by atoms with Gasteiger partial charge in [0.25, 0.3) is 0 Å². The molecule has 0 radical (unpaired) electrons. The second kappa shape index (κ2) is 5.61. The van der Waals surface area contributed by atoms with Crippen LogP contribution in [0, 0.1) is 5.82 Å². The van der Waals surface area contributed by atoms with Crippen LogP contribution in [0.1, 0.15) is 19.4 Å². The van der Waals surface area contributed by atoms with Crippen LogP contribution in [-0.4, -0.2) is 11.6 Å². The van der Waals surface area contributed by atoms with Gasteiger partial charge in [0, 0.05) is 16.6 Å². The smallest absolute Gasteiger partial charge is 0.158 e. The maximum Gasteiger partial charge on any atom is 0.158 e. The van der Waals surface area contributed by atoms with Crippen LogP contribution in [-0.2, 0) is 10.3 Å². The van der Waals surface area contributed by atoms with Crippen molar-refractivity contribution < 1.29 is 9.13 Å². The topological polar surface area (TPSA) is 21.3 Å². The Morgan fingerprint density at radius 3 is 2.59 bits per heavy atom. The third kappa shape index (κ3) is 2.74. The second-order valence-corrected chi connectivity index (χ2v) is 6.40. The molecule has 1 atom stereocenters. The number of rotatable bonds is 2. The number of benzene rings is 2. The molecule has 0 aromatic heterocycles. The molecule has 0 saturated carbocycles. The molecule has 114 valence electrons. The number of fused-ring (bicyclic) bond motifs is 1. The standard InChI is InChI=1S/C17H15ClFNOS/c1-17(2)12-7-10(11-3-5-14(19)13(18)8-11)4-6-15(12)20-16(9-22)21-17/h3-9,16,20H,1-2H3. The summed E-state index contributed by atoms with van der Waals surface area (Å²) in [6, 6.07) is 10.7. The number of hydrogen-bond acceptors (Lipinski definition) is 3. The lowest BCUT2D eigenvalue weighted by Gasteiger charge is -2.37. The van der Waals surface area contributed by atoms with E-state index in [1.54, 1.807) is 17.5 Å². The largest absolute Gasteiger partial charge is 0.356 e. The third-order valence-corrected chi connectivity index (χ3v) is 4.30. The number of thiocarbonyl (C=S) groups is 1. The van der Waals surface area contributed by atoms with Crippen molar-refractivity contribution in [3.63, 3.8) is 0 Å². The van der Waals surface area contributed by atoms with Gasteiger partial charge in [-0.15, -0.1) is 0 Å². The highest BCUT2D eigenvalue weighted by Gasteiger charge is 2.32. The van der Waals surface area contributed by atoms with E-state index in [1.165, 1.54) is 6.07 Å². The lowest BCUT2D eigenvalue weighted by molar-refractivity contribution is -0.0406. The molecule has 0 amide bonds. The number of halogens is 2. The molecule has 2 nitrogen and oxygen atoms in total. The van der Waals surface area contributed by atoms with Crippen LogP contribution in [0.25, 0.3) is 11.1 Å². The molecule has 0 spiro atoms. The highest BCUT2D eigenvalue weighted by molar-refractivity contribution is 7.79.